The minimum absolute atomic E-state index is 0.0213. The Labute approximate surface area is 173 Å². The van der Waals surface area contributed by atoms with Crippen LogP contribution >= 0.6 is 0 Å². The number of piperidine rings is 1. The van der Waals surface area contributed by atoms with Crippen LogP contribution in [0.3, 0.4) is 0 Å². The van der Waals surface area contributed by atoms with Crippen molar-refractivity contribution < 1.29 is 32.3 Å². The van der Waals surface area contributed by atoms with E-state index in [0.717, 1.165) is 5.56 Å². The number of benzene rings is 1. The zero-order valence-electron chi connectivity index (χ0n) is 16.8. The number of nitrogens with zero attached hydrogens (tertiary/aromatic N) is 2. The fourth-order valence-electron chi connectivity index (χ4n) is 3.55. The Morgan fingerprint density at radius 3 is 2.57 bits per heavy atom. The van der Waals surface area contributed by atoms with Gasteiger partial charge in [-0.3, -0.25) is 9.59 Å². The number of hydrogen-bond acceptors (Lipinski definition) is 5. The van der Waals surface area contributed by atoms with Gasteiger partial charge in [0.2, 0.25) is 5.91 Å². The number of furan rings is 1. The van der Waals surface area contributed by atoms with Crippen molar-refractivity contribution in [1.29, 1.82) is 0 Å². The van der Waals surface area contributed by atoms with Gasteiger partial charge in [-0.15, -0.1) is 0 Å². The average molecular weight is 422 g/mol. The molecule has 2 aromatic rings. The molecule has 0 bridgehead atoms. The van der Waals surface area contributed by atoms with Crippen molar-refractivity contribution in [3.05, 3.63) is 47.9 Å². The first-order valence-corrected chi connectivity index (χ1v) is 9.58. The van der Waals surface area contributed by atoms with E-state index in [9.17, 15) is 18.4 Å². The standard InChI is InChI=1S/C21H24F2N2O5/c1-24(13-14-5-6-16(30-21(22)23)18(12-14)28-2)19(26)15-7-9-25(10-8-15)20(27)17-4-3-11-29-17/h3-6,11-12,15,21H,7-10,13H2,1-2H3. The maximum absolute atomic E-state index is 12.8. The van der Waals surface area contributed by atoms with E-state index in [0.29, 0.717) is 38.2 Å². The first kappa shape index (κ1) is 21.6. The van der Waals surface area contributed by atoms with Crippen molar-refractivity contribution in [3.8, 4) is 11.5 Å². The van der Waals surface area contributed by atoms with E-state index >= 15 is 0 Å². The number of carbonyl (C=O) groups excluding carboxylic acids is 2. The molecule has 1 saturated heterocycles. The van der Waals surface area contributed by atoms with Gasteiger partial charge in [0.15, 0.2) is 17.3 Å². The monoisotopic (exact) mass is 422 g/mol. The summed E-state index contributed by atoms with van der Waals surface area (Å²) in [5.41, 5.74) is 0.731. The molecule has 0 aliphatic carbocycles. The van der Waals surface area contributed by atoms with Crippen LogP contribution in [0.2, 0.25) is 0 Å². The normalized spacial score (nSPS) is 14.6. The van der Waals surface area contributed by atoms with Crippen molar-refractivity contribution in [2.45, 2.75) is 26.0 Å². The Morgan fingerprint density at radius 2 is 1.97 bits per heavy atom. The molecule has 9 heteroatoms. The third kappa shape index (κ3) is 5.08. The van der Waals surface area contributed by atoms with Crippen LogP contribution in [0.4, 0.5) is 8.78 Å². The van der Waals surface area contributed by atoms with Gasteiger partial charge in [-0.25, -0.2) is 0 Å². The second kappa shape index (κ2) is 9.60. The number of hydrogen-bond donors (Lipinski definition) is 0. The summed E-state index contributed by atoms with van der Waals surface area (Å²) in [5, 5.41) is 0. The summed E-state index contributed by atoms with van der Waals surface area (Å²) in [5.74, 6) is 0.0470. The van der Waals surface area contributed by atoms with Gasteiger partial charge >= 0.3 is 6.61 Å². The highest BCUT2D eigenvalue weighted by Crippen LogP contribution is 2.30. The molecule has 0 radical (unpaired) electrons. The summed E-state index contributed by atoms with van der Waals surface area (Å²) >= 11 is 0. The van der Waals surface area contributed by atoms with Crippen LogP contribution in [0, 0.1) is 5.92 Å². The molecule has 1 fully saturated rings. The van der Waals surface area contributed by atoms with Crippen LogP contribution in [0.1, 0.15) is 29.0 Å². The van der Waals surface area contributed by atoms with Gasteiger partial charge in [-0.2, -0.15) is 8.78 Å². The van der Waals surface area contributed by atoms with Crippen molar-refractivity contribution in [3.63, 3.8) is 0 Å². The van der Waals surface area contributed by atoms with Gasteiger partial charge in [0.25, 0.3) is 5.91 Å². The molecule has 2 heterocycles. The van der Waals surface area contributed by atoms with E-state index in [2.05, 4.69) is 4.74 Å². The maximum atomic E-state index is 12.8. The zero-order chi connectivity index (χ0) is 21.7. The third-order valence-electron chi connectivity index (χ3n) is 5.10. The number of carbonyl (C=O) groups is 2. The fraction of sp³-hybridized carbons (Fsp3) is 0.429. The Hall–Kier alpha value is -3.10. The molecular weight excluding hydrogens is 398 g/mol. The molecule has 30 heavy (non-hydrogen) atoms. The minimum atomic E-state index is -2.94. The van der Waals surface area contributed by atoms with Crippen molar-refractivity contribution >= 4 is 11.8 Å². The average Bonchev–Trinajstić information content (AvgIpc) is 3.28. The highest BCUT2D eigenvalue weighted by Gasteiger charge is 2.30. The highest BCUT2D eigenvalue weighted by atomic mass is 19.3. The molecule has 162 valence electrons. The van der Waals surface area contributed by atoms with Crippen molar-refractivity contribution in [2.24, 2.45) is 5.92 Å². The van der Waals surface area contributed by atoms with E-state index in [4.69, 9.17) is 9.15 Å². The molecule has 0 spiro atoms. The largest absolute Gasteiger partial charge is 0.493 e. The smallest absolute Gasteiger partial charge is 0.387 e. The predicted octanol–water partition coefficient (Wildman–Crippen LogP) is 3.40. The van der Waals surface area contributed by atoms with Crippen molar-refractivity contribution in [2.75, 3.05) is 27.2 Å². The lowest BCUT2D eigenvalue weighted by Crippen LogP contribution is -2.43. The topological polar surface area (TPSA) is 72.2 Å². The quantitative estimate of drug-likeness (QED) is 0.684. The number of amides is 2. The van der Waals surface area contributed by atoms with Gasteiger partial charge < -0.3 is 23.7 Å². The van der Waals surface area contributed by atoms with E-state index in [1.807, 2.05) is 0 Å². The molecule has 1 aromatic heterocycles. The van der Waals surface area contributed by atoms with Crippen LogP contribution < -0.4 is 9.47 Å². The number of methoxy groups -OCH3 is 1. The molecule has 2 amide bonds. The zero-order valence-corrected chi connectivity index (χ0v) is 16.8. The van der Waals surface area contributed by atoms with E-state index in [1.54, 1.807) is 41.1 Å². The summed E-state index contributed by atoms with van der Waals surface area (Å²) in [6, 6.07) is 7.89. The molecule has 0 N–H and O–H groups in total. The second-order valence-electron chi connectivity index (χ2n) is 7.10. The molecular formula is C21H24F2N2O5. The number of likely N-dealkylation sites (tertiary alicyclic amines) is 1. The first-order chi connectivity index (χ1) is 14.4. The summed E-state index contributed by atoms with van der Waals surface area (Å²) in [6.07, 6.45) is 2.60. The summed E-state index contributed by atoms with van der Waals surface area (Å²) in [6.45, 7) is -1.68. The SMILES string of the molecule is COc1cc(CN(C)C(=O)C2CCN(C(=O)c3ccco3)CC2)ccc1OC(F)F. The highest BCUT2D eigenvalue weighted by molar-refractivity contribution is 5.91. The Bertz CT molecular complexity index is 864. The molecule has 1 aliphatic rings. The number of rotatable bonds is 7. The molecule has 0 unspecified atom stereocenters. The van der Waals surface area contributed by atoms with Crippen LogP contribution in [0.5, 0.6) is 11.5 Å². The molecule has 3 rings (SSSR count). The lowest BCUT2D eigenvalue weighted by Gasteiger charge is -2.32. The molecule has 0 atom stereocenters. The fourth-order valence-corrected chi connectivity index (χ4v) is 3.55. The third-order valence-corrected chi connectivity index (χ3v) is 5.10. The predicted molar refractivity (Wildman–Crippen MR) is 103 cm³/mol. The Morgan fingerprint density at radius 1 is 1.23 bits per heavy atom. The Kier molecular flexibility index (Phi) is 6.91. The van der Waals surface area contributed by atoms with E-state index in [1.165, 1.54) is 19.4 Å². The minimum Gasteiger partial charge on any atom is -0.493 e. The maximum Gasteiger partial charge on any atom is 0.387 e. The van der Waals surface area contributed by atoms with Crippen LogP contribution in [0.15, 0.2) is 41.0 Å². The number of halogens is 2. The van der Waals surface area contributed by atoms with Crippen LogP contribution in [-0.2, 0) is 11.3 Å². The van der Waals surface area contributed by atoms with Gasteiger partial charge in [-0.1, -0.05) is 6.07 Å². The lowest BCUT2D eigenvalue weighted by molar-refractivity contribution is -0.136. The number of ether oxygens (including phenoxy) is 2. The molecule has 7 nitrogen and oxygen atoms in total. The lowest BCUT2D eigenvalue weighted by atomic mass is 9.95. The number of alkyl halides is 2. The van der Waals surface area contributed by atoms with E-state index < -0.39 is 6.61 Å². The molecule has 1 aromatic carbocycles. The molecule has 0 saturated carbocycles. The molecule has 1 aliphatic heterocycles. The van der Waals surface area contributed by atoms with Crippen LogP contribution in [-0.4, -0.2) is 55.5 Å². The second-order valence-corrected chi connectivity index (χ2v) is 7.10. The van der Waals surface area contributed by atoms with Gasteiger partial charge in [0.05, 0.1) is 13.4 Å². The first-order valence-electron chi connectivity index (χ1n) is 9.58. The summed E-state index contributed by atoms with van der Waals surface area (Å²) in [7, 11) is 3.06. The van der Waals surface area contributed by atoms with Crippen molar-refractivity contribution in [1.82, 2.24) is 9.80 Å². The van der Waals surface area contributed by atoms with Gasteiger partial charge in [0.1, 0.15) is 0 Å². The van der Waals surface area contributed by atoms with Gasteiger partial charge in [0, 0.05) is 32.6 Å². The van der Waals surface area contributed by atoms with E-state index in [-0.39, 0.29) is 29.2 Å². The van der Waals surface area contributed by atoms with Gasteiger partial charge in [-0.05, 0) is 42.7 Å². The summed E-state index contributed by atoms with van der Waals surface area (Å²) in [4.78, 5) is 28.4. The summed E-state index contributed by atoms with van der Waals surface area (Å²) < 4.78 is 39.6. The van der Waals surface area contributed by atoms with Crippen LogP contribution in [0.25, 0.3) is 0 Å². The Balaban J connectivity index is 1.55.